The number of nitrogens with zero attached hydrogens (tertiary/aromatic N) is 2. The minimum atomic E-state index is -0.578. The fourth-order valence-corrected chi connectivity index (χ4v) is 1.73. The fourth-order valence-electron chi connectivity index (χ4n) is 1.73. The Hall–Kier alpha value is -1.49. The summed E-state index contributed by atoms with van der Waals surface area (Å²) in [5, 5.41) is 0. The molecule has 86 valence electrons. The molecule has 2 rings (SSSR count). The van der Waals surface area contributed by atoms with Crippen LogP contribution in [0.4, 0.5) is 4.39 Å². The van der Waals surface area contributed by atoms with Gasteiger partial charge in [-0.15, -0.1) is 0 Å². The largest absolute Gasteiger partial charge is 0.377 e. The quantitative estimate of drug-likeness (QED) is 0.717. The highest BCUT2D eigenvalue weighted by molar-refractivity contribution is 5.94. The van der Waals surface area contributed by atoms with Gasteiger partial charge in [0.25, 0.3) is 5.91 Å². The molecular formula is C11H13FN2O2. The summed E-state index contributed by atoms with van der Waals surface area (Å²) in [4.78, 5) is 17.3. The first-order valence-electron chi connectivity index (χ1n) is 5.18. The lowest BCUT2D eigenvalue weighted by molar-refractivity contribution is 0.00334. The van der Waals surface area contributed by atoms with Crippen LogP contribution in [-0.2, 0) is 4.74 Å². The van der Waals surface area contributed by atoms with E-state index in [1.54, 1.807) is 4.90 Å². The second kappa shape index (κ2) is 4.57. The van der Waals surface area contributed by atoms with Gasteiger partial charge in [0, 0.05) is 12.7 Å². The predicted octanol–water partition coefficient (Wildman–Crippen LogP) is 1.08. The number of ether oxygens (including phenoxy) is 1. The number of aromatic nitrogens is 1. The molecule has 5 heteroatoms. The van der Waals surface area contributed by atoms with Crippen molar-refractivity contribution in [2.24, 2.45) is 0 Å². The number of halogens is 1. The normalized spacial score (nSPS) is 20.9. The topological polar surface area (TPSA) is 42.4 Å². The monoisotopic (exact) mass is 224 g/mol. The summed E-state index contributed by atoms with van der Waals surface area (Å²) in [6.45, 7) is 3.39. The third-order valence-electron chi connectivity index (χ3n) is 2.63. The number of hydrogen-bond acceptors (Lipinski definition) is 3. The van der Waals surface area contributed by atoms with E-state index in [9.17, 15) is 9.18 Å². The van der Waals surface area contributed by atoms with Gasteiger partial charge < -0.3 is 9.64 Å². The van der Waals surface area contributed by atoms with Gasteiger partial charge in [-0.25, -0.2) is 4.39 Å². The Morgan fingerprint density at radius 1 is 1.69 bits per heavy atom. The highest BCUT2D eigenvalue weighted by Crippen LogP contribution is 2.13. The second-order valence-corrected chi connectivity index (χ2v) is 3.78. The van der Waals surface area contributed by atoms with Crippen molar-refractivity contribution in [3.05, 3.63) is 29.8 Å². The molecule has 1 aromatic rings. The van der Waals surface area contributed by atoms with Crippen molar-refractivity contribution in [3.63, 3.8) is 0 Å². The molecule has 0 spiro atoms. The van der Waals surface area contributed by atoms with Gasteiger partial charge in [-0.3, -0.25) is 9.78 Å². The highest BCUT2D eigenvalue weighted by atomic mass is 19.1. The van der Waals surface area contributed by atoms with Gasteiger partial charge in [0.15, 0.2) is 5.82 Å². The molecule has 0 aromatic carbocycles. The van der Waals surface area contributed by atoms with E-state index in [1.807, 2.05) is 6.92 Å². The second-order valence-electron chi connectivity index (χ2n) is 3.78. The first-order valence-corrected chi connectivity index (χ1v) is 5.18. The van der Waals surface area contributed by atoms with Crippen LogP contribution in [0.3, 0.4) is 0 Å². The third kappa shape index (κ3) is 2.04. The van der Waals surface area contributed by atoms with Crippen LogP contribution in [0.2, 0.25) is 0 Å². The Morgan fingerprint density at radius 3 is 3.19 bits per heavy atom. The van der Waals surface area contributed by atoms with Crippen LogP contribution in [0.1, 0.15) is 17.3 Å². The maximum absolute atomic E-state index is 13.4. The molecule has 16 heavy (non-hydrogen) atoms. The Labute approximate surface area is 93.0 Å². The first kappa shape index (κ1) is 11.0. The van der Waals surface area contributed by atoms with Crippen molar-refractivity contribution in [2.45, 2.75) is 13.0 Å². The smallest absolute Gasteiger partial charge is 0.257 e. The number of amides is 1. The number of rotatable bonds is 1. The zero-order valence-electron chi connectivity index (χ0n) is 9.02. The first-order chi connectivity index (χ1) is 7.70. The standard InChI is InChI=1S/C11H13FN2O2/c1-8-7-16-5-4-14(8)11(15)9-2-3-13-6-10(9)12/h2-3,6,8H,4-5,7H2,1H3/t8-/m1/s1. The minimum absolute atomic E-state index is 0.0196. The van der Waals surface area contributed by atoms with Gasteiger partial charge in [0.05, 0.1) is 31.0 Å². The molecule has 0 N–H and O–H groups in total. The van der Waals surface area contributed by atoms with Crippen LogP contribution in [-0.4, -0.2) is 41.6 Å². The van der Waals surface area contributed by atoms with Gasteiger partial charge in [-0.1, -0.05) is 0 Å². The molecular weight excluding hydrogens is 211 g/mol. The minimum Gasteiger partial charge on any atom is -0.377 e. The maximum atomic E-state index is 13.4. The molecule has 1 aliphatic heterocycles. The van der Waals surface area contributed by atoms with E-state index in [0.29, 0.717) is 19.8 Å². The Balaban J connectivity index is 2.21. The van der Waals surface area contributed by atoms with Crippen LogP contribution in [0.25, 0.3) is 0 Å². The average molecular weight is 224 g/mol. The van der Waals surface area contributed by atoms with Crippen LogP contribution >= 0.6 is 0 Å². The number of hydrogen-bond donors (Lipinski definition) is 0. The van der Waals surface area contributed by atoms with E-state index in [-0.39, 0.29) is 17.5 Å². The molecule has 1 atom stereocenters. The van der Waals surface area contributed by atoms with Crippen LogP contribution in [0, 0.1) is 5.82 Å². The third-order valence-corrected chi connectivity index (χ3v) is 2.63. The predicted molar refractivity (Wildman–Crippen MR) is 55.5 cm³/mol. The van der Waals surface area contributed by atoms with Crippen LogP contribution < -0.4 is 0 Å². The van der Waals surface area contributed by atoms with Crippen molar-refractivity contribution < 1.29 is 13.9 Å². The molecule has 1 saturated heterocycles. The highest BCUT2D eigenvalue weighted by Gasteiger charge is 2.26. The van der Waals surface area contributed by atoms with Crippen molar-refractivity contribution in [3.8, 4) is 0 Å². The summed E-state index contributed by atoms with van der Waals surface area (Å²) in [6, 6.07) is 1.38. The molecule has 2 heterocycles. The molecule has 1 aliphatic rings. The lowest BCUT2D eigenvalue weighted by Crippen LogP contribution is -2.47. The Bertz CT molecular complexity index is 397. The van der Waals surface area contributed by atoms with E-state index in [1.165, 1.54) is 12.3 Å². The average Bonchev–Trinajstić information content (AvgIpc) is 2.29. The number of morpholine rings is 1. The van der Waals surface area contributed by atoms with E-state index in [0.717, 1.165) is 6.20 Å². The van der Waals surface area contributed by atoms with E-state index < -0.39 is 5.82 Å². The number of carbonyl (C=O) groups is 1. The van der Waals surface area contributed by atoms with Crippen molar-refractivity contribution in [1.82, 2.24) is 9.88 Å². The molecule has 0 radical (unpaired) electrons. The molecule has 0 saturated carbocycles. The van der Waals surface area contributed by atoms with Crippen LogP contribution in [0.15, 0.2) is 18.5 Å². The number of carbonyl (C=O) groups excluding carboxylic acids is 1. The zero-order valence-corrected chi connectivity index (χ0v) is 9.02. The van der Waals surface area contributed by atoms with Gasteiger partial charge in [-0.2, -0.15) is 0 Å². The van der Waals surface area contributed by atoms with Crippen molar-refractivity contribution in [1.29, 1.82) is 0 Å². The van der Waals surface area contributed by atoms with Gasteiger partial charge in [-0.05, 0) is 13.0 Å². The Morgan fingerprint density at radius 2 is 2.50 bits per heavy atom. The maximum Gasteiger partial charge on any atom is 0.257 e. The van der Waals surface area contributed by atoms with E-state index >= 15 is 0 Å². The molecule has 1 fully saturated rings. The van der Waals surface area contributed by atoms with Gasteiger partial charge >= 0.3 is 0 Å². The molecule has 0 aliphatic carbocycles. The van der Waals surface area contributed by atoms with E-state index in [2.05, 4.69) is 4.98 Å². The van der Waals surface area contributed by atoms with Crippen molar-refractivity contribution >= 4 is 5.91 Å². The van der Waals surface area contributed by atoms with Gasteiger partial charge in [0.2, 0.25) is 0 Å². The van der Waals surface area contributed by atoms with E-state index in [4.69, 9.17) is 4.74 Å². The molecule has 0 unspecified atom stereocenters. The summed E-state index contributed by atoms with van der Waals surface area (Å²) >= 11 is 0. The summed E-state index contributed by atoms with van der Waals surface area (Å²) in [6.07, 6.45) is 2.47. The Kier molecular flexibility index (Phi) is 3.14. The molecule has 1 aromatic heterocycles. The molecule has 4 nitrogen and oxygen atoms in total. The lowest BCUT2D eigenvalue weighted by atomic mass is 10.2. The summed E-state index contributed by atoms with van der Waals surface area (Å²) in [7, 11) is 0. The van der Waals surface area contributed by atoms with Gasteiger partial charge in [0.1, 0.15) is 0 Å². The summed E-state index contributed by atoms with van der Waals surface area (Å²) in [5.41, 5.74) is 0.0729. The SMILES string of the molecule is C[C@@H]1COCCN1C(=O)c1ccncc1F. The van der Waals surface area contributed by atoms with Crippen molar-refractivity contribution in [2.75, 3.05) is 19.8 Å². The lowest BCUT2D eigenvalue weighted by Gasteiger charge is -2.33. The number of pyridine rings is 1. The zero-order chi connectivity index (χ0) is 11.5. The molecule has 0 bridgehead atoms. The fraction of sp³-hybridized carbons (Fsp3) is 0.455. The van der Waals surface area contributed by atoms with Crippen LogP contribution in [0.5, 0.6) is 0 Å². The molecule has 1 amide bonds. The summed E-state index contributed by atoms with van der Waals surface area (Å²) in [5.74, 6) is -0.873. The summed E-state index contributed by atoms with van der Waals surface area (Å²) < 4.78 is 18.6.